The van der Waals surface area contributed by atoms with Gasteiger partial charge in [-0.25, -0.2) is 4.68 Å². The molecular weight excluding hydrogens is 278 g/mol. The highest BCUT2D eigenvalue weighted by molar-refractivity contribution is 7.99. The van der Waals surface area contributed by atoms with Crippen molar-refractivity contribution in [2.24, 2.45) is 0 Å². The van der Waals surface area contributed by atoms with Crippen LogP contribution in [0.5, 0.6) is 0 Å². The van der Waals surface area contributed by atoms with Gasteiger partial charge in [0.2, 0.25) is 11.1 Å². The van der Waals surface area contributed by atoms with E-state index in [0.717, 1.165) is 0 Å². The van der Waals surface area contributed by atoms with Gasteiger partial charge in [0, 0.05) is 5.92 Å². The normalized spacial score (nSPS) is 10.9. The summed E-state index contributed by atoms with van der Waals surface area (Å²) < 4.78 is 6.55. The number of hydrogen-bond acceptors (Lipinski definition) is 6. The van der Waals surface area contributed by atoms with Crippen molar-refractivity contribution < 1.29 is 9.21 Å². The van der Waals surface area contributed by atoms with Gasteiger partial charge in [0.1, 0.15) is 5.76 Å². The quantitative estimate of drug-likeness (QED) is 0.612. The van der Waals surface area contributed by atoms with Gasteiger partial charge in [-0.3, -0.25) is 4.79 Å². The Morgan fingerprint density at radius 3 is 2.95 bits per heavy atom. The van der Waals surface area contributed by atoms with E-state index < -0.39 is 0 Å². The predicted molar refractivity (Wildman–Crippen MR) is 75.5 cm³/mol. The number of amides is 1. The fourth-order valence-corrected chi connectivity index (χ4v) is 2.25. The number of carbonyl (C=O) groups excluding carboxylic acids is 1. The van der Waals surface area contributed by atoms with E-state index >= 15 is 0 Å². The van der Waals surface area contributed by atoms with Gasteiger partial charge < -0.3 is 15.6 Å². The Labute approximate surface area is 120 Å². The first kappa shape index (κ1) is 14.4. The van der Waals surface area contributed by atoms with Crippen molar-refractivity contribution in [1.29, 1.82) is 0 Å². The standard InChI is InChI=1S/C12H17N5O2S/c1-8(2)11-15-16-12(17(11)13)20-7-10(18)14-6-9-4-3-5-19-9/h3-5,8H,6-7,13H2,1-2H3,(H,14,18). The number of nitrogen functional groups attached to an aromatic ring is 1. The molecule has 20 heavy (non-hydrogen) atoms. The second-order valence-electron chi connectivity index (χ2n) is 4.51. The molecule has 2 heterocycles. The summed E-state index contributed by atoms with van der Waals surface area (Å²) in [7, 11) is 0. The first-order valence-electron chi connectivity index (χ1n) is 6.20. The first-order valence-corrected chi connectivity index (χ1v) is 7.18. The molecule has 3 N–H and O–H groups in total. The van der Waals surface area contributed by atoms with Crippen LogP contribution < -0.4 is 11.2 Å². The summed E-state index contributed by atoms with van der Waals surface area (Å²) in [4.78, 5) is 11.7. The lowest BCUT2D eigenvalue weighted by atomic mass is 10.2. The van der Waals surface area contributed by atoms with Gasteiger partial charge in [-0.15, -0.1) is 10.2 Å². The van der Waals surface area contributed by atoms with Crippen LogP contribution in [-0.4, -0.2) is 26.5 Å². The number of carbonyl (C=O) groups is 1. The van der Waals surface area contributed by atoms with Crippen molar-refractivity contribution in [3.05, 3.63) is 30.0 Å². The third-order valence-corrected chi connectivity index (χ3v) is 3.52. The van der Waals surface area contributed by atoms with Gasteiger partial charge in [0.25, 0.3) is 0 Å². The third kappa shape index (κ3) is 3.53. The molecule has 0 saturated carbocycles. The zero-order chi connectivity index (χ0) is 14.5. The lowest BCUT2D eigenvalue weighted by molar-refractivity contribution is -0.118. The van der Waals surface area contributed by atoms with E-state index in [0.29, 0.717) is 23.3 Å². The maximum atomic E-state index is 11.7. The monoisotopic (exact) mass is 295 g/mol. The number of nitrogens with zero attached hydrogens (tertiary/aromatic N) is 3. The summed E-state index contributed by atoms with van der Waals surface area (Å²) in [6, 6.07) is 3.58. The largest absolute Gasteiger partial charge is 0.467 e. The van der Waals surface area contributed by atoms with Gasteiger partial charge in [-0.2, -0.15) is 0 Å². The van der Waals surface area contributed by atoms with Crippen LogP contribution in [0.1, 0.15) is 31.4 Å². The number of furan rings is 1. The Morgan fingerprint density at radius 2 is 2.35 bits per heavy atom. The molecule has 0 aromatic carbocycles. The van der Waals surface area contributed by atoms with Crippen LogP contribution in [0.15, 0.2) is 28.0 Å². The third-order valence-electron chi connectivity index (χ3n) is 2.58. The minimum absolute atomic E-state index is 0.111. The maximum absolute atomic E-state index is 11.7. The molecule has 0 aliphatic rings. The van der Waals surface area contributed by atoms with Crippen molar-refractivity contribution in [1.82, 2.24) is 20.2 Å². The molecule has 8 heteroatoms. The van der Waals surface area contributed by atoms with Crippen LogP contribution in [0.4, 0.5) is 0 Å². The molecule has 2 aromatic rings. The number of hydrogen-bond donors (Lipinski definition) is 2. The van der Waals surface area contributed by atoms with Gasteiger partial charge in [-0.1, -0.05) is 25.6 Å². The van der Waals surface area contributed by atoms with Crippen molar-refractivity contribution in [3.63, 3.8) is 0 Å². The molecule has 0 aliphatic heterocycles. The molecule has 0 unspecified atom stereocenters. The fraction of sp³-hybridized carbons (Fsp3) is 0.417. The number of rotatable bonds is 6. The predicted octanol–water partition coefficient (Wildman–Crippen LogP) is 1.12. The summed E-state index contributed by atoms with van der Waals surface area (Å²) in [5, 5.41) is 11.3. The Hall–Kier alpha value is -1.96. The lowest BCUT2D eigenvalue weighted by Crippen LogP contribution is -2.24. The van der Waals surface area contributed by atoms with Gasteiger partial charge in [0.05, 0.1) is 18.6 Å². The van der Waals surface area contributed by atoms with E-state index in [4.69, 9.17) is 10.3 Å². The van der Waals surface area contributed by atoms with E-state index in [1.54, 1.807) is 18.4 Å². The van der Waals surface area contributed by atoms with Crippen molar-refractivity contribution >= 4 is 17.7 Å². The molecule has 0 spiro atoms. The molecule has 0 bridgehead atoms. The Kier molecular flexibility index (Phi) is 4.67. The van der Waals surface area contributed by atoms with E-state index in [9.17, 15) is 4.79 Å². The highest BCUT2D eigenvalue weighted by Crippen LogP contribution is 2.18. The molecule has 0 saturated heterocycles. The molecule has 2 rings (SSSR count). The SMILES string of the molecule is CC(C)c1nnc(SCC(=O)NCc2ccco2)n1N. The summed E-state index contributed by atoms with van der Waals surface area (Å²) in [6.07, 6.45) is 1.57. The second kappa shape index (κ2) is 6.47. The number of nitrogens with two attached hydrogens (primary N) is 1. The number of thioether (sulfide) groups is 1. The Balaban J connectivity index is 1.81. The van der Waals surface area contributed by atoms with E-state index in [1.165, 1.54) is 16.4 Å². The minimum Gasteiger partial charge on any atom is -0.467 e. The van der Waals surface area contributed by atoms with Gasteiger partial charge >= 0.3 is 0 Å². The molecule has 0 radical (unpaired) electrons. The highest BCUT2D eigenvalue weighted by atomic mass is 32.2. The Bertz CT molecular complexity index is 564. The van der Waals surface area contributed by atoms with Gasteiger partial charge in [-0.05, 0) is 12.1 Å². The molecule has 0 aliphatic carbocycles. The molecular formula is C12H17N5O2S. The average Bonchev–Trinajstić information content (AvgIpc) is 3.03. The maximum Gasteiger partial charge on any atom is 0.230 e. The van der Waals surface area contributed by atoms with Crippen LogP contribution in [0, 0.1) is 0 Å². The zero-order valence-electron chi connectivity index (χ0n) is 11.4. The zero-order valence-corrected chi connectivity index (χ0v) is 12.2. The minimum atomic E-state index is -0.111. The highest BCUT2D eigenvalue weighted by Gasteiger charge is 2.14. The van der Waals surface area contributed by atoms with Crippen LogP contribution in [0.3, 0.4) is 0 Å². The molecule has 108 valence electrons. The van der Waals surface area contributed by atoms with Crippen LogP contribution in [0.2, 0.25) is 0 Å². The Morgan fingerprint density at radius 1 is 1.55 bits per heavy atom. The molecule has 0 atom stereocenters. The average molecular weight is 295 g/mol. The lowest BCUT2D eigenvalue weighted by Gasteiger charge is -2.05. The topological polar surface area (TPSA) is 99.0 Å². The smallest absolute Gasteiger partial charge is 0.230 e. The van der Waals surface area contributed by atoms with Crippen LogP contribution in [-0.2, 0) is 11.3 Å². The molecule has 0 fully saturated rings. The number of nitrogens with one attached hydrogen (secondary N) is 1. The van der Waals surface area contributed by atoms with Crippen molar-refractivity contribution in [2.45, 2.75) is 31.5 Å². The number of aromatic nitrogens is 3. The van der Waals surface area contributed by atoms with E-state index in [1.807, 2.05) is 13.8 Å². The van der Waals surface area contributed by atoms with E-state index in [-0.39, 0.29) is 17.6 Å². The fourth-order valence-electron chi connectivity index (χ4n) is 1.56. The van der Waals surface area contributed by atoms with Crippen molar-refractivity contribution in [3.8, 4) is 0 Å². The van der Waals surface area contributed by atoms with E-state index in [2.05, 4.69) is 15.5 Å². The summed E-state index contributed by atoms with van der Waals surface area (Å²) >= 11 is 1.25. The summed E-state index contributed by atoms with van der Waals surface area (Å²) in [5.74, 6) is 7.59. The van der Waals surface area contributed by atoms with Crippen LogP contribution >= 0.6 is 11.8 Å². The summed E-state index contributed by atoms with van der Waals surface area (Å²) in [5.41, 5.74) is 0. The van der Waals surface area contributed by atoms with Crippen molar-refractivity contribution in [2.75, 3.05) is 11.6 Å². The molecule has 7 nitrogen and oxygen atoms in total. The first-order chi connectivity index (χ1) is 9.58. The second-order valence-corrected chi connectivity index (χ2v) is 5.45. The van der Waals surface area contributed by atoms with Crippen LogP contribution in [0.25, 0.3) is 0 Å². The molecule has 1 amide bonds. The summed E-state index contributed by atoms with van der Waals surface area (Å²) in [6.45, 7) is 4.34. The molecule has 2 aromatic heterocycles. The van der Waals surface area contributed by atoms with Gasteiger partial charge in [0.15, 0.2) is 5.82 Å².